The van der Waals surface area contributed by atoms with Crippen LogP contribution in [-0.4, -0.2) is 65.9 Å². The van der Waals surface area contributed by atoms with E-state index >= 15 is 0 Å². The van der Waals surface area contributed by atoms with E-state index in [1.807, 2.05) is 11.0 Å². The predicted octanol–water partition coefficient (Wildman–Crippen LogP) is 6.43. The summed E-state index contributed by atoms with van der Waals surface area (Å²) in [6, 6.07) is 24.9. The number of amides is 2. The van der Waals surface area contributed by atoms with Gasteiger partial charge in [0, 0.05) is 81.8 Å². The van der Waals surface area contributed by atoms with Crippen LogP contribution in [0.2, 0.25) is 0 Å². The number of nitrogens with zero attached hydrogens (tertiary/aromatic N) is 4. The van der Waals surface area contributed by atoms with Crippen LogP contribution in [0.25, 0.3) is 11.1 Å². The maximum atomic E-state index is 13.3. The highest BCUT2D eigenvalue weighted by Gasteiger charge is 2.32. The maximum absolute atomic E-state index is 13.3. The van der Waals surface area contributed by atoms with Crippen molar-refractivity contribution in [2.45, 2.75) is 38.5 Å². The van der Waals surface area contributed by atoms with Crippen LogP contribution in [0.5, 0.6) is 0 Å². The van der Waals surface area contributed by atoms with E-state index in [0.29, 0.717) is 30.3 Å². The normalized spacial score (nSPS) is 16.1. The second-order valence-electron chi connectivity index (χ2n) is 12.9. The fraction of sp³-hybridized carbons (Fsp3) is 0.342. The van der Waals surface area contributed by atoms with Crippen LogP contribution in [0.15, 0.2) is 91.1 Å². The van der Waals surface area contributed by atoms with Gasteiger partial charge in [-0.3, -0.25) is 14.5 Å². The third-order valence-corrected chi connectivity index (χ3v) is 9.51. The first-order valence-corrected chi connectivity index (χ1v) is 16.7. The van der Waals surface area contributed by atoms with Crippen molar-refractivity contribution in [3.8, 4) is 11.1 Å². The lowest BCUT2D eigenvalue weighted by Gasteiger charge is -2.37. The van der Waals surface area contributed by atoms with Crippen LogP contribution < -0.4 is 16.0 Å². The van der Waals surface area contributed by atoms with Crippen molar-refractivity contribution in [1.82, 2.24) is 14.8 Å². The van der Waals surface area contributed by atoms with Gasteiger partial charge in [0.15, 0.2) is 0 Å². The molecular weight excluding hydrogens is 629 g/mol. The van der Waals surface area contributed by atoms with E-state index in [-0.39, 0.29) is 17.0 Å². The summed E-state index contributed by atoms with van der Waals surface area (Å²) in [6.45, 7) is 6.69. The van der Waals surface area contributed by atoms with Gasteiger partial charge in [-0.1, -0.05) is 42.5 Å². The third-order valence-electron chi connectivity index (χ3n) is 9.51. The maximum Gasteiger partial charge on any atom is 0.416 e. The molecule has 0 unspecified atom stereocenters. The first kappa shape index (κ1) is 34.0. The number of rotatable bonds is 10. The second-order valence-corrected chi connectivity index (χ2v) is 12.9. The highest BCUT2D eigenvalue weighted by molar-refractivity contribution is 6.00. The molecule has 0 saturated carbocycles. The zero-order valence-corrected chi connectivity index (χ0v) is 27.3. The molecule has 2 amide bonds. The Morgan fingerprint density at radius 2 is 1.55 bits per heavy atom. The number of anilines is 2. The summed E-state index contributed by atoms with van der Waals surface area (Å²) in [5.41, 5.74) is 8.50. The van der Waals surface area contributed by atoms with E-state index in [4.69, 9.17) is 5.73 Å². The SMILES string of the molecule is NC(=O)c1ccc(C(F)(F)F)cc1-c1ccc(NCc2ccc(N3CCC(CC(=O)N4CCN(Cc5ccccc5)CC4)CC3)cc2)nc1. The van der Waals surface area contributed by atoms with Crippen molar-refractivity contribution in [2.24, 2.45) is 11.7 Å². The number of piperidine rings is 1. The topological polar surface area (TPSA) is 94.8 Å². The first-order chi connectivity index (χ1) is 23.6. The molecule has 0 bridgehead atoms. The van der Waals surface area contributed by atoms with Crippen molar-refractivity contribution < 1.29 is 22.8 Å². The van der Waals surface area contributed by atoms with E-state index in [9.17, 15) is 22.8 Å². The number of carbonyl (C=O) groups excluding carboxylic acids is 2. The summed E-state index contributed by atoms with van der Waals surface area (Å²) in [5.74, 6) is 0.425. The number of piperazine rings is 1. The van der Waals surface area contributed by atoms with Crippen LogP contribution in [0.4, 0.5) is 24.7 Å². The van der Waals surface area contributed by atoms with Gasteiger partial charge in [-0.05, 0) is 77.9 Å². The Morgan fingerprint density at radius 3 is 2.18 bits per heavy atom. The summed E-state index contributed by atoms with van der Waals surface area (Å²) in [6.07, 6.45) is -0.513. The quantitative estimate of drug-likeness (QED) is 0.202. The zero-order chi connectivity index (χ0) is 34.4. The molecular formula is C38H41F3N6O2. The number of carbonyl (C=O) groups is 2. The van der Waals surface area contributed by atoms with E-state index in [1.54, 1.807) is 12.1 Å². The Balaban J connectivity index is 0.945. The molecule has 2 saturated heterocycles. The number of hydrogen-bond acceptors (Lipinski definition) is 6. The van der Waals surface area contributed by atoms with Gasteiger partial charge >= 0.3 is 6.18 Å². The molecule has 0 spiro atoms. The van der Waals surface area contributed by atoms with Gasteiger partial charge in [0.05, 0.1) is 5.56 Å². The minimum atomic E-state index is -4.55. The Bertz CT molecular complexity index is 1720. The number of aromatic nitrogens is 1. The van der Waals surface area contributed by atoms with Crippen LogP contribution in [0.1, 0.15) is 46.3 Å². The van der Waals surface area contributed by atoms with Gasteiger partial charge < -0.3 is 20.9 Å². The Morgan fingerprint density at radius 1 is 0.837 bits per heavy atom. The fourth-order valence-corrected chi connectivity index (χ4v) is 6.62. The first-order valence-electron chi connectivity index (χ1n) is 16.7. The van der Waals surface area contributed by atoms with Crippen molar-refractivity contribution in [1.29, 1.82) is 0 Å². The van der Waals surface area contributed by atoms with Gasteiger partial charge in [-0.15, -0.1) is 0 Å². The molecule has 2 fully saturated rings. The molecule has 49 heavy (non-hydrogen) atoms. The van der Waals surface area contributed by atoms with Crippen LogP contribution in [0, 0.1) is 5.92 Å². The molecule has 256 valence electrons. The number of benzene rings is 3. The Labute approximate surface area is 284 Å². The third kappa shape index (κ3) is 8.77. The lowest BCUT2D eigenvalue weighted by Crippen LogP contribution is -2.48. The lowest BCUT2D eigenvalue weighted by atomic mass is 9.92. The highest BCUT2D eigenvalue weighted by atomic mass is 19.4. The van der Waals surface area contributed by atoms with E-state index in [1.165, 1.54) is 11.8 Å². The monoisotopic (exact) mass is 670 g/mol. The summed E-state index contributed by atoms with van der Waals surface area (Å²) < 4.78 is 39.9. The molecule has 8 nitrogen and oxygen atoms in total. The van der Waals surface area contributed by atoms with Gasteiger partial charge in [-0.25, -0.2) is 4.98 Å². The number of halogens is 3. The number of pyridine rings is 1. The van der Waals surface area contributed by atoms with Crippen molar-refractivity contribution in [3.05, 3.63) is 113 Å². The number of hydrogen-bond donors (Lipinski definition) is 2. The average molecular weight is 671 g/mol. The Kier molecular flexibility index (Phi) is 10.5. The molecule has 2 aliphatic rings. The molecule has 6 rings (SSSR count). The summed E-state index contributed by atoms with van der Waals surface area (Å²) in [7, 11) is 0. The molecule has 0 radical (unpaired) electrons. The summed E-state index contributed by atoms with van der Waals surface area (Å²) >= 11 is 0. The number of primary amides is 1. The largest absolute Gasteiger partial charge is 0.416 e. The van der Waals surface area contributed by atoms with Crippen LogP contribution in [-0.2, 0) is 24.1 Å². The van der Waals surface area contributed by atoms with Gasteiger partial charge in [-0.2, -0.15) is 13.2 Å². The number of nitrogens with two attached hydrogens (primary N) is 1. The molecule has 1 aromatic heterocycles. The average Bonchev–Trinajstić information content (AvgIpc) is 3.11. The van der Waals surface area contributed by atoms with Gasteiger partial charge in [0.1, 0.15) is 5.82 Å². The smallest absolute Gasteiger partial charge is 0.372 e. The minimum absolute atomic E-state index is 0.00252. The lowest BCUT2D eigenvalue weighted by molar-refractivity contribution is -0.137. The van der Waals surface area contributed by atoms with Gasteiger partial charge in [0.2, 0.25) is 11.8 Å². The van der Waals surface area contributed by atoms with Crippen LogP contribution in [0.3, 0.4) is 0 Å². The number of alkyl halides is 3. The molecule has 4 aromatic rings. The zero-order valence-electron chi connectivity index (χ0n) is 27.3. The highest BCUT2D eigenvalue weighted by Crippen LogP contribution is 2.34. The standard InChI is InChI=1S/C38H41F3N6O2/c39-38(40,41)31-9-12-33(37(42)49)34(23-31)30-8-13-35(44-25-30)43-24-28-6-10-32(11-7-28)46-16-14-27(15-17-46)22-36(48)47-20-18-45(19-21-47)26-29-4-2-1-3-5-29/h1-13,23,25,27H,14-22,24,26H2,(H2,42,49)(H,43,44). The van der Waals surface area contributed by atoms with Crippen LogP contribution >= 0.6 is 0 Å². The minimum Gasteiger partial charge on any atom is -0.372 e. The van der Waals surface area contributed by atoms with E-state index < -0.39 is 17.6 Å². The Hall–Kier alpha value is -4.90. The molecule has 3 aromatic carbocycles. The molecule has 0 atom stereocenters. The van der Waals surface area contributed by atoms with Crippen molar-refractivity contribution in [3.63, 3.8) is 0 Å². The summed E-state index contributed by atoms with van der Waals surface area (Å²) in [5, 5.41) is 3.24. The van der Waals surface area contributed by atoms with Crippen molar-refractivity contribution in [2.75, 3.05) is 49.5 Å². The molecule has 2 aliphatic heterocycles. The molecule has 0 aliphatic carbocycles. The van der Waals surface area contributed by atoms with E-state index in [2.05, 4.69) is 68.6 Å². The van der Waals surface area contributed by atoms with Gasteiger partial charge in [0.25, 0.3) is 0 Å². The fourth-order valence-electron chi connectivity index (χ4n) is 6.62. The molecule has 11 heteroatoms. The number of nitrogens with one attached hydrogen (secondary N) is 1. The van der Waals surface area contributed by atoms with E-state index in [0.717, 1.165) is 88.1 Å². The molecule has 3 heterocycles. The second kappa shape index (κ2) is 15.1. The molecule has 3 N–H and O–H groups in total. The predicted molar refractivity (Wildman–Crippen MR) is 185 cm³/mol. The summed E-state index contributed by atoms with van der Waals surface area (Å²) in [4.78, 5) is 36.1. The van der Waals surface area contributed by atoms with Crippen molar-refractivity contribution >= 4 is 23.3 Å².